The zero-order valence-corrected chi connectivity index (χ0v) is 13.9. The van der Waals surface area contributed by atoms with E-state index in [1.807, 2.05) is 30.3 Å². The lowest BCUT2D eigenvalue weighted by atomic mass is 10.2. The van der Waals surface area contributed by atoms with Gasteiger partial charge in [0, 0.05) is 13.1 Å². The summed E-state index contributed by atoms with van der Waals surface area (Å²) < 4.78 is 45.3. The molecule has 2 aromatic rings. The van der Waals surface area contributed by atoms with E-state index in [1.54, 1.807) is 10.7 Å². The average Bonchev–Trinajstić information content (AvgIpc) is 3.27. The maximum absolute atomic E-state index is 12.7. The van der Waals surface area contributed by atoms with Crippen molar-refractivity contribution < 1.29 is 22.7 Å². The molecule has 4 rings (SSSR count). The van der Waals surface area contributed by atoms with E-state index in [0.717, 1.165) is 0 Å². The van der Waals surface area contributed by atoms with Gasteiger partial charge in [0.1, 0.15) is 23.7 Å². The molecule has 1 aromatic carbocycles. The fourth-order valence-corrected chi connectivity index (χ4v) is 3.34. The van der Waals surface area contributed by atoms with Gasteiger partial charge in [-0.25, -0.2) is 0 Å². The quantitative estimate of drug-likeness (QED) is 0.818. The molecule has 1 aliphatic carbocycles. The number of halogens is 3. The number of alkyl halides is 3. The Morgan fingerprint density at radius 3 is 2.65 bits per heavy atom. The molecular formula is C18H18F3N3O2. The highest BCUT2D eigenvalue weighted by molar-refractivity contribution is 5.93. The highest BCUT2D eigenvalue weighted by Crippen LogP contribution is 2.50. The summed E-state index contributed by atoms with van der Waals surface area (Å²) in [5.41, 5.74) is 1.03. The van der Waals surface area contributed by atoms with Gasteiger partial charge in [-0.05, 0) is 30.5 Å². The molecule has 1 amide bonds. The number of rotatable bonds is 5. The van der Waals surface area contributed by atoms with Crippen LogP contribution in [-0.2, 0) is 13.2 Å². The van der Waals surface area contributed by atoms with E-state index in [4.69, 9.17) is 4.74 Å². The smallest absolute Gasteiger partial charge is 0.392 e. The summed E-state index contributed by atoms with van der Waals surface area (Å²) in [6.07, 6.45) is -4.05. The standard InChI is InChI=1S/C18H18F3N3O2/c19-18(20,21)15-8-12(15)10-23-6-7-24-16(17(23)25)9-13(22-24)11-26-14-4-2-1-3-5-14/h1-5,9,12,15H,6-8,10-11H2/t12-,15+/m1/s1. The molecule has 1 aliphatic heterocycles. The molecule has 2 heterocycles. The summed E-state index contributed by atoms with van der Waals surface area (Å²) in [6, 6.07) is 10.9. The normalized spacial score (nSPS) is 22.3. The van der Waals surface area contributed by atoms with Crippen molar-refractivity contribution in [2.24, 2.45) is 11.8 Å². The van der Waals surface area contributed by atoms with Crippen molar-refractivity contribution in [3.05, 3.63) is 47.8 Å². The highest BCUT2D eigenvalue weighted by Gasteiger charge is 2.56. The van der Waals surface area contributed by atoms with E-state index in [0.29, 0.717) is 30.2 Å². The van der Waals surface area contributed by atoms with Gasteiger partial charge in [-0.15, -0.1) is 0 Å². The third-order valence-corrected chi connectivity index (χ3v) is 4.85. The first-order valence-corrected chi connectivity index (χ1v) is 8.52. The Kier molecular flexibility index (Phi) is 4.13. The van der Waals surface area contributed by atoms with Crippen LogP contribution < -0.4 is 4.74 Å². The van der Waals surface area contributed by atoms with Crippen LogP contribution in [0.1, 0.15) is 22.6 Å². The molecule has 0 unspecified atom stereocenters. The molecule has 1 saturated carbocycles. The topological polar surface area (TPSA) is 47.4 Å². The first-order chi connectivity index (χ1) is 12.4. The summed E-state index contributed by atoms with van der Waals surface area (Å²) in [5.74, 6) is -1.30. The first-order valence-electron chi connectivity index (χ1n) is 8.52. The predicted molar refractivity (Wildman–Crippen MR) is 86.6 cm³/mol. The van der Waals surface area contributed by atoms with Crippen LogP contribution in [-0.4, -0.2) is 39.9 Å². The zero-order valence-electron chi connectivity index (χ0n) is 13.9. The van der Waals surface area contributed by atoms with Crippen LogP contribution in [0.3, 0.4) is 0 Å². The van der Waals surface area contributed by atoms with Crippen LogP contribution in [0.25, 0.3) is 0 Å². The SMILES string of the molecule is O=C1c2cc(COc3ccccc3)nn2CCN1C[C@H]1C[C@@H]1C(F)(F)F. The first kappa shape index (κ1) is 16.9. The number of para-hydroxylation sites is 1. The third-order valence-electron chi connectivity index (χ3n) is 4.85. The Balaban J connectivity index is 1.38. The van der Waals surface area contributed by atoms with Gasteiger partial charge in [0.15, 0.2) is 0 Å². The summed E-state index contributed by atoms with van der Waals surface area (Å²) in [7, 11) is 0. The number of amides is 1. The van der Waals surface area contributed by atoms with Crippen LogP contribution in [0.15, 0.2) is 36.4 Å². The van der Waals surface area contributed by atoms with Crippen LogP contribution in [0.4, 0.5) is 13.2 Å². The molecule has 0 radical (unpaired) electrons. The average molecular weight is 365 g/mol. The fourth-order valence-electron chi connectivity index (χ4n) is 3.34. The number of nitrogens with zero attached hydrogens (tertiary/aromatic N) is 3. The van der Waals surface area contributed by atoms with Gasteiger partial charge in [0.2, 0.25) is 0 Å². The molecule has 0 N–H and O–H groups in total. The second-order valence-electron chi connectivity index (χ2n) is 6.74. The van der Waals surface area contributed by atoms with Gasteiger partial charge >= 0.3 is 6.18 Å². The maximum atomic E-state index is 12.7. The lowest BCUT2D eigenvalue weighted by Gasteiger charge is -2.27. The lowest BCUT2D eigenvalue weighted by Crippen LogP contribution is -2.41. The fraction of sp³-hybridized carbons (Fsp3) is 0.444. The van der Waals surface area contributed by atoms with Crippen LogP contribution in [0.2, 0.25) is 0 Å². The molecule has 0 bridgehead atoms. The lowest BCUT2D eigenvalue weighted by molar-refractivity contribution is -0.151. The molecule has 5 nitrogen and oxygen atoms in total. The van der Waals surface area contributed by atoms with Gasteiger partial charge in [-0.3, -0.25) is 9.48 Å². The van der Waals surface area contributed by atoms with E-state index in [1.165, 1.54) is 4.90 Å². The Morgan fingerprint density at radius 2 is 1.96 bits per heavy atom. The minimum absolute atomic E-state index is 0.114. The van der Waals surface area contributed by atoms with E-state index in [2.05, 4.69) is 5.10 Å². The Labute approximate surface area is 148 Å². The molecule has 2 aliphatic rings. The van der Waals surface area contributed by atoms with E-state index in [-0.39, 0.29) is 25.5 Å². The van der Waals surface area contributed by atoms with Crippen molar-refractivity contribution in [1.82, 2.24) is 14.7 Å². The van der Waals surface area contributed by atoms with E-state index in [9.17, 15) is 18.0 Å². The molecule has 8 heteroatoms. The second kappa shape index (κ2) is 6.34. The Morgan fingerprint density at radius 1 is 1.19 bits per heavy atom. The predicted octanol–water partition coefficient (Wildman–Crippen LogP) is 3.12. The second-order valence-corrected chi connectivity index (χ2v) is 6.74. The van der Waals surface area contributed by atoms with Gasteiger partial charge in [0.05, 0.1) is 12.5 Å². The molecule has 26 heavy (non-hydrogen) atoms. The molecule has 0 spiro atoms. The zero-order chi connectivity index (χ0) is 18.3. The van der Waals surface area contributed by atoms with Crippen molar-refractivity contribution >= 4 is 5.91 Å². The van der Waals surface area contributed by atoms with Crippen LogP contribution >= 0.6 is 0 Å². The molecule has 0 saturated heterocycles. The minimum Gasteiger partial charge on any atom is -0.487 e. The molecule has 1 fully saturated rings. The van der Waals surface area contributed by atoms with Gasteiger partial charge < -0.3 is 9.64 Å². The number of carbonyl (C=O) groups is 1. The third kappa shape index (κ3) is 3.40. The number of ether oxygens (including phenoxy) is 1. The maximum Gasteiger partial charge on any atom is 0.392 e. The van der Waals surface area contributed by atoms with Crippen molar-refractivity contribution in [3.63, 3.8) is 0 Å². The summed E-state index contributed by atoms with van der Waals surface area (Å²) in [6.45, 7) is 1.25. The highest BCUT2D eigenvalue weighted by atomic mass is 19.4. The molecular weight excluding hydrogens is 347 g/mol. The monoisotopic (exact) mass is 365 g/mol. The summed E-state index contributed by atoms with van der Waals surface area (Å²) in [4.78, 5) is 14.1. The minimum atomic E-state index is -4.16. The summed E-state index contributed by atoms with van der Waals surface area (Å²) in [5, 5.41) is 4.36. The van der Waals surface area contributed by atoms with Gasteiger partial charge in [0.25, 0.3) is 5.91 Å². The van der Waals surface area contributed by atoms with Crippen molar-refractivity contribution in [3.8, 4) is 5.75 Å². The molecule has 138 valence electrons. The number of fused-ring (bicyclic) bond motifs is 1. The number of hydrogen-bond acceptors (Lipinski definition) is 3. The molecule has 1 aromatic heterocycles. The molecule has 2 atom stereocenters. The number of hydrogen-bond donors (Lipinski definition) is 0. The number of benzene rings is 1. The van der Waals surface area contributed by atoms with E-state index < -0.39 is 18.0 Å². The Hall–Kier alpha value is -2.51. The number of aromatic nitrogens is 2. The summed E-state index contributed by atoms with van der Waals surface area (Å²) >= 11 is 0. The van der Waals surface area contributed by atoms with Gasteiger partial charge in [-0.1, -0.05) is 18.2 Å². The van der Waals surface area contributed by atoms with Crippen molar-refractivity contribution in [2.75, 3.05) is 13.1 Å². The number of carbonyl (C=O) groups excluding carboxylic acids is 1. The van der Waals surface area contributed by atoms with Crippen LogP contribution in [0, 0.1) is 11.8 Å². The van der Waals surface area contributed by atoms with E-state index >= 15 is 0 Å². The largest absolute Gasteiger partial charge is 0.487 e. The Bertz CT molecular complexity index is 804. The van der Waals surface area contributed by atoms with Crippen LogP contribution in [0.5, 0.6) is 5.75 Å². The van der Waals surface area contributed by atoms with Crippen molar-refractivity contribution in [2.45, 2.75) is 25.7 Å². The van der Waals surface area contributed by atoms with Gasteiger partial charge in [-0.2, -0.15) is 18.3 Å². The van der Waals surface area contributed by atoms with Crippen molar-refractivity contribution in [1.29, 1.82) is 0 Å².